The summed E-state index contributed by atoms with van der Waals surface area (Å²) in [7, 11) is 0. The second-order valence-corrected chi connectivity index (χ2v) is 8.00. The Morgan fingerprint density at radius 1 is 1.10 bits per heavy atom. The van der Waals surface area contributed by atoms with Gasteiger partial charge < -0.3 is 10.2 Å². The van der Waals surface area contributed by atoms with Crippen LogP contribution in [0.2, 0.25) is 0 Å². The zero-order valence-electron chi connectivity index (χ0n) is 16.3. The quantitative estimate of drug-likeness (QED) is 0.568. The third-order valence-corrected chi connectivity index (χ3v) is 5.69. The molecule has 9 heteroatoms. The van der Waals surface area contributed by atoms with Gasteiger partial charge in [-0.15, -0.1) is 11.3 Å². The fourth-order valence-corrected chi connectivity index (χ4v) is 3.97. The van der Waals surface area contributed by atoms with Crippen LogP contribution in [0, 0.1) is 6.92 Å². The minimum atomic E-state index is -4.96. The molecule has 5 nitrogen and oxygen atoms in total. The van der Waals surface area contributed by atoms with Crippen LogP contribution in [0.15, 0.2) is 65.1 Å². The first-order valence-corrected chi connectivity index (χ1v) is 10.2. The Morgan fingerprint density at radius 3 is 2.48 bits per heavy atom. The highest BCUT2D eigenvalue weighted by Crippen LogP contribution is 2.44. The number of para-hydroxylation sites is 1. The number of phenols is 1. The monoisotopic (exact) mass is 445 g/mol. The molecule has 0 saturated heterocycles. The van der Waals surface area contributed by atoms with Crippen LogP contribution in [0.3, 0.4) is 0 Å². The SMILES string of the molecule is Cc1ccc(-c2csc(N3N=C(/C=C/c4ccccc4O)C[C@@]3(O)C(F)(F)F)n2)cc1. The molecule has 1 aliphatic heterocycles. The Kier molecular flexibility index (Phi) is 5.32. The molecule has 2 heterocycles. The molecule has 1 atom stereocenters. The van der Waals surface area contributed by atoms with E-state index in [1.807, 2.05) is 31.2 Å². The number of phenolic OH excluding ortho intramolecular Hbond substituents is 1. The lowest BCUT2D eigenvalue weighted by atomic mass is 10.1. The number of aromatic hydroxyl groups is 1. The summed E-state index contributed by atoms with van der Waals surface area (Å²) in [5, 5.41) is 26.5. The molecule has 160 valence electrons. The first kappa shape index (κ1) is 21.1. The maximum absolute atomic E-state index is 13.8. The number of benzene rings is 2. The number of alkyl halides is 3. The van der Waals surface area contributed by atoms with E-state index in [1.54, 1.807) is 23.6 Å². The van der Waals surface area contributed by atoms with Gasteiger partial charge in [-0.05, 0) is 25.1 Å². The van der Waals surface area contributed by atoms with Gasteiger partial charge in [0.25, 0.3) is 5.72 Å². The Balaban J connectivity index is 1.68. The summed E-state index contributed by atoms with van der Waals surface area (Å²) >= 11 is 0.967. The lowest BCUT2D eigenvalue weighted by molar-refractivity contribution is -0.254. The largest absolute Gasteiger partial charge is 0.507 e. The van der Waals surface area contributed by atoms with Crippen LogP contribution in [0.25, 0.3) is 17.3 Å². The van der Waals surface area contributed by atoms with Crippen molar-refractivity contribution in [1.82, 2.24) is 4.98 Å². The van der Waals surface area contributed by atoms with E-state index in [0.717, 1.165) is 22.5 Å². The summed E-state index contributed by atoms with van der Waals surface area (Å²) < 4.78 is 41.4. The van der Waals surface area contributed by atoms with Gasteiger partial charge in [0.1, 0.15) is 5.75 Å². The van der Waals surface area contributed by atoms with Crippen molar-refractivity contribution in [3.63, 3.8) is 0 Å². The van der Waals surface area contributed by atoms with E-state index in [0.29, 0.717) is 16.3 Å². The third-order valence-electron chi connectivity index (χ3n) is 4.87. The van der Waals surface area contributed by atoms with Crippen molar-refractivity contribution in [1.29, 1.82) is 0 Å². The fourth-order valence-electron chi connectivity index (χ4n) is 3.12. The average Bonchev–Trinajstić information content (AvgIpc) is 3.33. The van der Waals surface area contributed by atoms with E-state index in [9.17, 15) is 23.4 Å². The van der Waals surface area contributed by atoms with Crippen LogP contribution in [-0.4, -0.2) is 32.8 Å². The number of anilines is 1. The number of aromatic nitrogens is 1. The van der Waals surface area contributed by atoms with E-state index in [1.165, 1.54) is 18.2 Å². The Morgan fingerprint density at radius 2 is 1.81 bits per heavy atom. The van der Waals surface area contributed by atoms with Crippen molar-refractivity contribution in [2.45, 2.75) is 25.2 Å². The number of hydrazone groups is 1. The molecule has 1 aromatic heterocycles. The topological polar surface area (TPSA) is 69.0 Å². The van der Waals surface area contributed by atoms with Crippen LogP contribution in [0.1, 0.15) is 17.5 Å². The van der Waals surface area contributed by atoms with Gasteiger partial charge in [-0.3, -0.25) is 0 Å². The minimum absolute atomic E-state index is 0.00941. The van der Waals surface area contributed by atoms with E-state index in [-0.39, 0.29) is 16.6 Å². The smallest absolute Gasteiger partial charge is 0.438 e. The van der Waals surface area contributed by atoms with Crippen molar-refractivity contribution in [3.8, 4) is 17.0 Å². The van der Waals surface area contributed by atoms with Crippen molar-refractivity contribution < 1.29 is 23.4 Å². The highest BCUT2D eigenvalue weighted by Gasteiger charge is 2.62. The second kappa shape index (κ2) is 7.82. The summed E-state index contributed by atoms with van der Waals surface area (Å²) in [4.78, 5) is 4.28. The predicted molar refractivity (Wildman–Crippen MR) is 115 cm³/mol. The first-order valence-electron chi connectivity index (χ1n) is 9.33. The predicted octanol–water partition coefficient (Wildman–Crippen LogP) is 5.35. The minimum Gasteiger partial charge on any atom is -0.507 e. The highest BCUT2D eigenvalue weighted by molar-refractivity contribution is 7.14. The van der Waals surface area contributed by atoms with Gasteiger partial charge >= 0.3 is 6.18 Å². The fraction of sp³-hybridized carbons (Fsp3) is 0.182. The van der Waals surface area contributed by atoms with Crippen molar-refractivity contribution in [2.75, 3.05) is 5.01 Å². The summed E-state index contributed by atoms with van der Waals surface area (Å²) in [6.45, 7) is 1.93. The summed E-state index contributed by atoms with van der Waals surface area (Å²) in [6, 6.07) is 13.8. The Bertz CT molecular complexity index is 1160. The molecule has 0 unspecified atom stereocenters. The molecule has 4 rings (SSSR count). The normalized spacial score (nSPS) is 19.3. The molecule has 2 N–H and O–H groups in total. The molecule has 31 heavy (non-hydrogen) atoms. The maximum Gasteiger partial charge on any atom is 0.438 e. The molecule has 1 aliphatic rings. The van der Waals surface area contributed by atoms with Gasteiger partial charge in [-0.25, -0.2) is 4.98 Å². The molecule has 2 aromatic carbocycles. The molecule has 0 saturated carbocycles. The first-order chi connectivity index (χ1) is 14.7. The van der Waals surface area contributed by atoms with Gasteiger partial charge in [0.15, 0.2) is 0 Å². The van der Waals surface area contributed by atoms with Gasteiger partial charge in [-0.2, -0.15) is 23.3 Å². The number of nitrogens with zero attached hydrogens (tertiary/aromatic N) is 3. The molecule has 0 fully saturated rings. The van der Waals surface area contributed by atoms with Crippen molar-refractivity contribution in [3.05, 3.63) is 71.1 Å². The molecule has 0 radical (unpaired) electrons. The average molecular weight is 445 g/mol. The highest BCUT2D eigenvalue weighted by atomic mass is 32.1. The van der Waals surface area contributed by atoms with Gasteiger partial charge in [-0.1, -0.05) is 48.0 Å². The molecule has 0 bridgehead atoms. The van der Waals surface area contributed by atoms with Gasteiger partial charge in [0, 0.05) is 16.5 Å². The maximum atomic E-state index is 13.8. The van der Waals surface area contributed by atoms with E-state index in [4.69, 9.17) is 0 Å². The zero-order valence-corrected chi connectivity index (χ0v) is 17.2. The van der Waals surface area contributed by atoms with Crippen LogP contribution in [0.4, 0.5) is 18.3 Å². The lowest BCUT2D eigenvalue weighted by Gasteiger charge is -2.32. The Labute approximate surface area is 180 Å². The Hall–Kier alpha value is -3.17. The molecular weight excluding hydrogens is 427 g/mol. The summed E-state index contributed by atoms with van der Waals surface area (Å²) in [6.07, 6.45) is -2.93. The number of halogens is 3. The standard InChI is InChI=1S/C22H18F3N3O2S/c1-14-6-8-15(9-7-14)18-13-31-20(26-18)28-21(30,22(23,24)25)12-17(27-28)11-10-16-4-2-3-5-19(16)29/h2-11,13,29-30H,12H2,1H3/b11-10+/t21-/m1/s1. The number of aryl methyl sites for hydroxylation is 1. The van der Waals surface area contributed by atoms with Crippen LogP contribution in [-0.2, 0) is 0 Å². The second-order valence-electron chi connectivity index (χ2n) is 7.17. The summed E-state index contributed by atoms with van der Waals surface area (Å²) in [5.41, 5.74) is -0.473. The number of hydrogen-bond donors (Lipinski definition) is 2. The van der Waals surface area contributed by atoms with Gasteiger partial charge in [0.2, 0.25) is 5.13 Å². The summed E-state index contributed by atoms with van der Waals surface area (Å²) in [5.74, 6) is -0.0112. The van der Waals surface area contributed by atoms with E-state index >= 15 is 0 Å². The zero-order chi connectivity index (χ0) is 22.2. The van der Waals surface area contributed by atoms with Crippen molar-refractivity contribution >= 4 is 28.3 Å². The molecule has 0 aliphatic carbocycles. The van der Waals surface area contributed by atoms with E-state index in [2.05, 4.69) is 10.1 Å². The van der Waals surface area contributed by atoms with E-state index < -0.39 is 18.3 Å². The van der Waals surface area contributed by atoms with Gasteiger partial charge in [0.05, 0.1) is 17.8 Å². The number of thiazole rings is 1. The number of allylic oxidation sites excluding steroid dienone is 1. The number of rotatable bonds is 4. The van der Waals surface area contributed by atoms with Crippen LogP contribution in [0.5, 0.6) is 5.75 Å². The van der Waals surface area contributed by atoms with Crippen LogP contribution >= 0.6 is 11.3 Å². The van der Waals surface area contributed by atoms with Crippen molar-refractivity contribution in [2.24, 2.45) is 5.10 Å². The molecule has 0 amide bonds. The third kappa shape index (κ3) is 4.06. The molecule has 3 aromatic rings. The molecule has 0 spiro atoms. The number of aliphatic hydroxyl groups is 1. The lowest BCUT2D eigenvalue weighted by Crippen LogP contribution is -2.55. The number of hydrogen-bond acceptors (Lipinski definition) is 6. The van der Waals surface area contributed by atoms with Crippen LogP contribution < -0.4 is 5.01 Å². The molecular formula is C22H18F3N3O2S.